The smallest absolute Gasteiger partial charge is 0.433 e. The Balaban J connectivity index is 0.000000178. The minimum absolute atomic E-state index is 0.00468. The van der Waals surface area contributed by atoms with Crippen LogP contribution in [0.1, 0.15) is 105 Å². The highest BCUT2D eigenvalue weighted by Gasteiger charge is 2.33. The number of aliphatic hydroxyl groups is 1. The van der Waals surface area contributed by atoms with E-state index in [2.05, 4.69) is 50.9 Å². The second kappa shape index (κ2) is 40.5. The number of carbonyl (C=O) groups is 5. The summed E-state index contributed by atoms with van der Waals surface area (Å²) in [7, 11) is -7.73. The van der Waals surface area contributed by atoms with Crippen LogP contribution in [0.3, 0.4) is 0 Å². The van der Waals surface area contributed by atoms with Crippen molar-refractivity contribution >= 4 is 126 Å². The lowest BCUT2D eigenvalue weighted by Gasteiger charge is -2.13. The summed E-state index contributed by atoms with van der Waals surface area (Å²) in [6.45, 7) is 6.70. The molecule has 12 aromatic rings. The molecule has 2 atom stereocenters. The van der Waals surface area contributed by atoms with Crippen LogP contribution in [0.4, 0.5) is 35.9 Å². The van der Waals surface area contributed by atoms with Gasteiger partial charge in [0, 0.05) is 112 Å². The zero-order chi connectivity index (χ0) is 84.9. The third-order valence-corrected chi connectivity index (χ3v) is 22.6. The number of benzene rings is 7. The van der Waals surface area contributed by atoms with Crippen molar-refractivity contribution in [2.75, 3.05) is 54.2 Å². The van der Waals surface area contributed by atoms with Gasteiger partial charge in [-0.05, 0) is 207 Å². The first-order chi connectivity index (χ1) is 55.5. The van der Waals surface area contributed by atoms with Gasteiger partial charge >= 0.3 is 12.1 Å². The summed E-state index contributed by atoms with van der Waals surface area (Å²) in [4.78, 5) is 82.3. The summed E-state index contributed by atoms with van der Waals surface area (Å²) in [6, 6.07) is 59.7. The number of aromatic nitrogens is 5. The van der Waals surface area contributed by atoms with Crippen LogP contribution in [0.25, 0.3) is 45.0 Å². The molecule has 22 nitrogen and oxygen atoms in total. The summed E-state index contributed by atoms with van der Waals surface area (Å²) in [5.74, 6) is -2.10. The average molecular weight is 1720 g/mol. The van der Waals surface area contributed by atoms with Crippen LogP contribution in [-0.2, 0) is 58.2 Å². The number of nitrogens with one attached hydrogen (secondary N) is 4. The number of methoxy groups -OCH3 is 1. The number of ether oxygens (including phenoxy) is 1. The van der Waals surface area contributed by atoms with Crippen molar-refractivity contribution in [3.63, 3.8) is 0 Å². The van der Waals surface area contributed by atoms with Gasteiger partial charge in [-0.2, -0.15) is 13.2 Å². The van der Waals surface area contributed by atoms with Crippen LogP contribution in [0.5, 0.6) is 0 Å². The summed E-state index contributed by atoms with van der Waals surface area (Å²) < 4.78 is 107. The molecule has 0 saturated carbocycles. The maximum Gasteiger partial charge on any atom is 0.433 e. The summed E-state index contributed by atoms with van der Waals surface area (Å²) in [6.07, 6.45) is 4.37. The molecule has 0 radical (unpaired) electrons. The Morgan fingerprint density at radius 2 is 0.897 bits per heavy atom. The maximum absolute atomic E-state index is 12.8. The molecule has 5 heterocycles. The van der Waals surface area contributed by atoms with Gasteiger partial charge in [-0.25, -0.2) is 26.6 Å². The molecule has 0 spiro atoms. The highest BCUT2D eigenvalue weighted by Crippen LogP contribution is 2.46. The number of halogens is 7. The van der Waals surface area contributed by atoms with Gasteiger partial charge in [0.2, 0.25) is 7.37 Å². The quantitative estimate of drug-likeness (QED) is 0.0311. The first-order valence-electron chi connectivity index (χ1n) is 35.3. The summed E-state index contributed by atoms with van der Waals surface area (Å²) >= 11 is 25.1. The maximum atomic E-state index is 12.8. The van der Waals surface area contributed by atoms with Gasteiger partial charge in [0.05, 0.1) is 91.0 Å². The van der Waals surface area contributed by atoms with Gasteiger partial charge in [-0.15, -0.1) is 0 Å². The predicted molar refractivity (Wildman–Crippen MR) is 452 cm³/mol. The SMILES string of the molecule is CC(c1ccc(C(=O)Nc2ccc(Cl)c(-c3ccccn3)c2)cc1)S(C)(=O)=O.CCOP(C)(=O)Cc1ccc(C(=O)Nc2ccc(Cl)c(-c3ccccn3)c2)cc1.COC(=O)c1ccc(-c2cc(NC(=O)c3ccc(C(F)(F)F)nc3C)ccc2Cl)nc1.CS(=O)(=O)Cc1ccc(C(=O)Nc2ccc(Cl)c(-c3ccc(CO)cn3)c2)cc1. The number of amides is 4. The summed E-state index contributed by atoms with van der Waals surface area (Å²) in [5.41, 5.74) is 10.5. The zero-order valence-electron chi connectivity index (χ0n) is 63.5. The van der Waals surface area contributed by atoms with Gasteiger partial charge in [0.25, 0.3) is 23.6 Å². The van der Waals surface area contributed by atoms with E-state index in [0.29, 0.717) is 117 Å². The molecule has 0 aliphatic rings. The molecule has 604 valence electrons. The Hall–Kier alpha value is -11.4. The predicted octanol–water partition coefficient (Wildman–Crippen LogP) is 19.7. The Labute approximate surface area is 693 Å². The topological polar surface area (TPSA) is 322 Å². The Kier molecular flexibility index (Phi) is 31.0. The van der Waals surface area contributed by atoms with Crippen LogP contribution in [0, 0.1) is 6.92 Å². The number of alkyl halides is 3. The summed E-state index contributed by atoms with van der Waals surface area (Å²) in [5, 5.41) is 21.6. The Bertz CT molecular complexity index is 5860. The number of pyridine rings is 5. The lowest BCUT2D eigenvalue weighted by molar-refractivity contribution is -0.141. The third kappa shape index (κ3) is 26.1. The van der Waals surface area contributed by atoms with Crippen LogP contribution >= 0.6 is 53.8 Å². The normalized spacial score (nSPS) is 11.9. The van der Waals surface area contributed by atoms with Crippen LogP contribution < -0.4 is 21.3 Å². The number of esters is 1. The number of carbonyl (C=O) groups excluding carboxylic acids is 5. The number of hydrogen-bond donors (Lipinski definition) is 5. The fourth-order valence-corrected chi connectivity index (χ4v) is 14.9. The molecule has 0 bridgehead atoms. The van der Waals surface area contributed by atoms with E-state index in [4.69, 9.17) is 56.0 Å². The van der Waals surface area contributed by atoms with Crippen molar-refractivity contribution in [3.8, 4) is 45.0 Å². The van der Waals surface area contributed by atoms with Crippen molar-refractivity contribution in [2.45, 2.75) is 50.7 Å². The minimum Gasteiger partial charge on any atom is -0.465 e. The Morgan fingerprint density at radius 1 is 0.504 bits per heavy atom. The molecule has 12 rings (SSSR count). The Morgan fingerprint density at radius 3 is 1.25 bits per heavy atom. The molecule has 5 N–H and O–H groups in total. The number of anilines is 4. The monoisotopic (exact) mass is 1720 g/mol. The van der Waals surface area contributed by atoms with Gasteiger partial charge in [-0.1, -0.05) is 101 Å². The number of sulfone groups is 2. The van der Waals surface area contributed by atoms with Gasteiger partial charge in [0.15, 0.2) is 19.7 Å². The zero-order valence-corrected chi connectivity index (χ0v) is 69.0. The number of rotatable bonds is 22. The van der Waals surface area contributed by atoms with Crippen LogP contribution in [-0.4, -0.2) is 109 Å². The van der Waals surface area contributed by atoms with Gasteiger partial charge < -0.3 is 35.6 Å². The molecule has 0 aliphatic heterocycles. The fraction of sp³-hybridized carbons (Fsp3) is 0.153. The van der Waals surface area contributed by atoms with Gasteiger partial charge in [-0.3, -0.25) is 43.7 Å². The minimum atomic E-state index is -4.60. The van der Waals surface area contributed by atoms with Crippen LogP contribution in [0.15, 0.2) is 243 Å². The number of aryl methyl sites for hydroxylation is 1. The second-order valence-electron chi connectivity index (χ2n) is 26.1. The van der Waals surface area contributed by atoms with Crippen molar-refractivity contribution in [1.82, 2.24) is 24.9 Å². The average Bonchev–Trinajstić information content (AvgIpc) is 0.813. The first kappa shape index (κ1) is 89.6. The molecule has 7 aromatic carbocycles. The highest BCUT2D eigenvalue weighted by atomic mass is 35.5. The molecule has 2 unspecified atom stereocenters. The molecule has 32 heteroatoms. The van der Waals surface area contributed by atoms with E-state index >= 15 is 0 Å². The van der Waals surface area contributed by atoms with Crippen molar-refractivity contribution < 1.29 is 72.9 Å². The fourth-order valence-electron chi connectivity index (χ4n) is 11.1. The standard InChI is InChI=1S/C22H22ClN2O3P.C21H15ClF3N3O3.C21H19ClN2O4S.C21H19ClN2O3S/c1-3-28-29(2,27)15-16-7-9-17(10-8-16)22(26)25-18-11-12-20(23)19(14-18)21-6-4-5-13-24-21;1-11-14(5-8-18(27-11)21(23,24)25)19(29)28-13-4-6-16(22)15(9-13)17-7-3-12(10-26-17)20(30)31-2;1-29(27,28)13-14-2-5-16(6-3-14)21(26)24-17-7-8-19(22)18(10-17)20-9-4-15(12-25)11-23-20;1-14(28(2,26)27)15-6-8-16(9-7-15)21(25)24-17-10-11-19(22)18(13-17)20-5-3-4-12-23-20/h4-14H,3,15H2,1-2H3,(H,25,26);3-10H,1-2H3,(H,28,29);2-11,25H,12-13H2,1H3,(H,24,26);3-14H,1-2H3,(H,24,25). The number of nitrogens with zero attached hydrogens (tertiary/aromatic N) is 5. The lowest BCUT2D eigenvalue weighted by Crippen LogP contribution is -2.16. The van der Waals surface area contributed by atoms with E-state index in [-0.39, 0.29) is 46.9 Å². The molecule has 0 fully saturated rings. The van der Waals surface area contributed by atoms with E-state index in [0.717, 1.165) is 40.8 Å². The van der Waals surface area contributed by atoms with Crippen molar-refractivity contribution in [3.05, 3.63) is 325 Å². The van der Waals surface area contributed by atoms with E-state index in [9.17, 15) is 58.5 Å². The van der Waals surface area contributed by atoms with E-state index in [1.807, 2.05) is 43.3 Å². The van der Waals surface area contributed by atoms with E-state index in [1.165, 1.54) is 32.6 Å². The molecule has 0 aliphatic carbocycles. The van der Waals surface area contributed by atoms with Crippen molar-refractivity contribution in [2.24, 2.45) is 0 Å². The number of hydrogen-bond acceptors (Lipinski definition) is 18. The molecule has 117 heavy (non-hydrogen) atoms. The molecule has 5 aromatic heterocycles. The van der Waals surface area contributed by atoms with E-state index < -0.39 is 56.0 Å². The number of aliphatic hydroxyl groups excluding tert-OH is 1. The highest BCUT2D eigenvalue weighted by molar-refractivity contribution is 7.91. The largest absolute Gasteiger partial charge is 0.465 e. The molecular weight excluding hydrogens is 1650 g/mol. The van der Waals surface area contributed by atoms with Crippen LogP contribution in [0.2, 0.25) is 20.1 Å². The van der Waals surface area contributed by atoms with Gasteiger partial charge in [0.1, 0.15) is 5.69 Å². The van der Waals surface area contributed by atoms with Crippen molar-refractivity contribution in [1.29, 1.82) is 0 Å². The lowest BCUT2D eigenvalue weighted by atomic mass is 10.1. The van der Waals surface area contributed by atoms with E-state index in [1.54, 1.807) is 196 Å². The molecule has 4 amide bonds. The first-order valence-corrected chi connectivity index (χ1v) is 43.0. The molecular formula is C85H75Cl4F3N9O13PS2. The molecule has 0 saturated heterocycles. The third-order valence-electron chi connectivity index (χ3n) is 17.2. The second-order valence-corrected chi connectivity index (χ2v) is 34.9.